The molecule has 0 aliphatic carbocycles. The van der Waals surface area contributed by atoms with Gasteiger partial charge in [0.25, 0.3) is 0 Å². The van der Waals surface area contributed by atoms with Gasteiger partial charge in [0.15, 0.2) is 0 Å². The lowest BCUT2D eigenvalue weighted by molar-refractivity contribution is -0.0327. The Morgan fingerprint density at radius 3 is 2.47 bits per heavy atom. The van der Waals surface area contributed by atoms with Gasteiger partial charge in [0.05, 0.1) is 0 Å². The fourth-order valence-corrected chi connectivity index (χ4v) is 1.88. The highest BCUT2D eigenvalue weighted by atomic mass is 35.5. The van der Waals surface area contributed by atoms with E-state index in [0.29, 0.717) is 22.4 Å². The lowest BCUT2D eigenvalue weighted by Gasteiger charge is -2.13. The fourth-order valence-electron chi connectivity index (χ4n) is 1.27. The average molecular weight is 314 g/mol. The number of alkyl halides is 3. The van der Waals surface area contributed by atoms with Gasteiger partial charge in [-0.3, -0.25) is 0 Å². The Labute approximate surface area is 119 Å². The molecule has 3 nitrogen and oxygen atoms in total. The monoisotopic (exact) mass is 313 g/mol. The topological polar surface area (TPSA) is 37.8 Å². The van der Waals surface area contributed by atoms with Crippen LogP contribution in [0, 0.1) is 6.92 Å². The lowest BCUT2D eigenvalue weighted by Crippen LogP contribution is -2.13. The highest BCUT2D eigenvalue weighted by Crippen LogP contribution is 2.30. The van der Waals surface area contributed by atoms with Gasteiger partial charge in [0.2, 0.25) is 0 Å². The van der Waals surface area contributed by atoms with E-state index in [4.69, 9.17) is 11.6 Å². The molecule has 1 rings (SSSR count). The van der Waals surface area contributed by atoms with Crippen LogP contribution < -0.4 is 5.32 Å². The summed E-state index contributed by atoms with van der Waals surface area (Å²) >= 11 is 5.91. The van der Waals surface area contributed by atoms with Crippen LogP contribution in [0.2, 0.25) is 5.15 Å². The molecule has 1 aromatic rings. The Hall–Kier alpha value is -0.690. The molecule has 0 bridgehead atoms. The van der Waals surface area contributed by atoms with Crippen LogP contribution in [0.5, 0.6) is 0 Å². The predicted octanol–water partition coefficient (Wildman–Crippen LogP) is 4.23. The highest BCUT2D eigenvalue weighted by Gasteiger charge is 2.27. The third-order valence-corrected chi connectivity index (χ3v) is 3.38. The highest BCUT2D eigenvalue weighted by molar-refractivity contribution is 8.00. The third kappa shape index (κ3) is 5.44. The molecule has 0 fully saturated rings. The molecule has 0 saturated heterocycles. The summed E-state index contributed by atoms with van der Waals surface area (Å²) < 4.78 is 35.9. The van der Waals surface area contributed by atoms with Gasteiger partial charge in [0, 0.05) is 23.8 Å². The minimum absolute atomic E-state index is 0.0655. The van der Waals surface area contributed by atoms with Crippen LogP contribution in [-0.2, 0) is 0 Å². The summed E-state index contributed by atoms with van der Waals surface area (Å²) in [5.74, 6) is 1.08. The maximum absolute atomic E-state index is 12.0. The maximum Gasteiger partial charge on any atom is 0.441 e. The smallest absolute Gasteiger partial charge is 0.369 e. The molecule has 0 aromatic carbocycles. The standard InChI is InChI=1S/C11H15ClF3N3S/c1-6(2)9-17-8(12)7(3)10(18-9)16-4-5-19-11(13,14)15/h6H,4-5H2,1-3H3,(H,16,17,18). The summed E-state index contributed by atoms with van der Waals surface area (Å²) in [6.07, 6.45) is 0. The van der Waals surface area contributed by atoms with Gasteiger partial charge in [0.1, 0.15) is 16.8 Å². The van der Waals surface area contributed by atoms with Crippen molar-refractivity contribution in [3.05, 3.63) is 16.5 Å². The van der Waals surface area contributed by atoms with Crippen molar-refractivity contribution in [2.45, 2.75) is 32.2 Å². The third-order valence-electron chi connectivity index (χ3n) is 2.28. The second-order valence-corrected chi connectivity index (χ2v) is 5.74. The Balaban J connectivity index is 2.67. The number of thioether (sulfide) groups is 1. The Morgan fingerprint density at radius 1 is 1.32 bits per heavy atom. The second-order valence-electron chi connectivity index (χ2n) is 4.22. The number of nitrogens with one attached hydrogen (secondary N) is 1. The average Bonchev–Trinajstić information content (AvgIpc) is 2.27. The van der Waals surface area contributed by atoms with Gasteiger partial charge in [-0.2, -0.15) is 13.2 Å². The molecule has 108 valence electrons. The Bertz CT molecular complexity index is 438. The lowest BCUT2D eigenvalue weighted by atomic mass is 10.2. The van der Waals surface area contributed by atoms with Crippen LogP contribution in [0.3, 0.4) is 0 Å². The second kappa shape index (κ2) is 6.65. The van der Waals surface area contributed by atoms with Crippen molar-refractivity contribution >= 4 is 29.2 Å². The van der Waals surface area contributed by atoms with Crippen LogP contribution >= 0.6 is 23.4 Å². The molecule has 0 atom stereocenters. The van der Waals surface area contributed by atoms with Gasteiger partial charge in [-0.1, -0.05) is 25.4 Å². The molecular formula is C11H15ClF3N3S. The molecule has 1 N–H and O–H groups in total. The molecular weight excluding hydrogens is 299 g/mol. The van der Waals surface area contributed by atoms with Gasteiger partial charge < -0.3 is 5.32 Å². The number of halogens is 4. The van der Waals surface area contributed by atoms with Crippen molar-refractivity contribution in [1.29, 1.82) is 0 Å². The van der Waals surface area contributed by atoms with E-state index in [9.17, 15) is 13.2 Å². The van der Waals surface area contributed by atoms with Gasteiger partial charge in [-0.15, -0.1) is 0 Å². The number of hydrogen-bond acceptors (Lipinski definition) is 4. The van der Waals surface area contributed by atoms with E-state index in [2.05, 4.69) is 15.3 Å². The molecule has 1 aromatic heterocycles. The van der Waals surface area contributed by atoms with Crippen molar-refractivity contribution in [3.8, 4) is 0 Å². The summed E-state index contributed by atoms with van der Waals surface area (Å²) in [6, 6.07) is 0. The SMILES string of the molecule is Cc1c(Cl)nc(C(C)C)nc1NCCSC(F)(F)F. The van der Waals surface area contributed by atoms with E-state index >= 15 is 0 Å². The van der Waals surface area contributed by atoms with E-state index in [-0.39, 0.29) is 30.0 Å². The molecule has 0 amide bonds. The van der Waals surface area contributed by atoms with Crippen molar-refractivity contribution in [2.75, 3.05) is 17.6 Å². The van der Waals surface area contributed by atoms with Crippen LogP contribution in [0.25, 0.3) is 0 Å². The van der Waals surface area contributed by atoms with E-state index in [1.54, 1.807) is 6.92 Å². The van der Waals surface area contributed by atoms with Crippen molar-refractivity contribution in [3.63, 3.8) is 0 Å². The first kappa shape index (κ1) is 16.4. The summed E-state index contributed by atoms with van der Waals surface area (Å²) in [6.45, 7) is 5.73. The van der Waals surface area contributed by atoms with Gasteiger partial charge in [-0.25, -0.2) is 9.97 Å². The van der Waals surface area contributed by atoms with Crippen molar-refractivity contribution < 1.29 is 13.2 Å². The van der Waals surface area contributed by atoms with Crippen LogP contribution in [0.15, 0.2) is 0 Å². The van der Waals surface area contributed by atoms with Crippen molar-refractivity contribution in [1.82, 2.24) is 9.97 Å². The van der Waals surface area contributed by atoms with Crippen LogP contribution in [-0.4, -0.2) is 27.8 Å². The molecule has 8 heteroatoms. The zero-order chi connectivity index (χ0) is 14.6. The fraction of sp³-hybridized carbons (Fsp3) is 0.636. The summed E-state index contributed by atoms with van der Waals surface area (Å²) in [5.41, 5.74) is -3.56. The molecule has 0 aliphatic heterocycles. The van der Waals surface area contributed by atoms with E-state index in [0.717, 1.165) is 0 Å². The molecule has 0 radical (unpaired) electrons. The summed E-state index contributed by atoms with van der Waals surface area (Å²) in [5, 5.41) is 3.19. The predicted molar refractivity (Wildman–Crippen MR) is 72.9 cm³/mol. The maximum atomic E-state index is 12.0. The molecule has 0 saturated carbocycles. The largest absolute Gasteiger partial charge is 0.441 e. The number of anilines is 1. The molecule has 19 heavy (non-hydrogen) atoms. The van der Waals surface area contributed by atoms with Crippen molar-refractivity contribution in [2.24, 2.45) is 0 Å². The number of rotatable bonds is 5. The zero-order valence-electron chi connectivity index (χ0n) is 10.8. The number of hydrogen-bond donors (Lipinski definition) is 1. The Kier molecular flexibility index (Phi) is 5.73. The first-order valence-corrected chi connectivity index (χ1v) is 7.05. The first-order valence-electron chi connectivity index (χ1n) is 5.69. The summed E-state index contributed by atoms with van der Waals surface area (Å²) in [7, 11) is 0. The molecule has 0 spiro atoms. The number of nitrogens with zero attached hydrogens (tertiary/aromatic N) is 2. The Morgan fingerprint density at radius 2 is 1.95 bits per heavy atom. The van der Waals surface area contributed by atoms with E-state index in [1.807, 2.05) is 13.8 Å². The quantitative estimate of drug-likeness (QED) is 0.652. The van der Waals surface area contributed by atoms with Gasteiger partial charge in [-0.05, 0) is 18.7 Å². The van der Waals surface area contributed by atoms with Crippen LogP contribution in [0.1, 0.15) is 31.2 Å². The van der Waals surface area contributed by atoms with E-state index in [1.165, 1.54) is 0 Å². The number of aromatic nitrogens is 2. The van der Waals surface area contributed by atoms with Crippen LogP contribution in [0.4, 0.5) is 19.0 Å². The first-order chi connectivity index (χ1) is 8.70. The van der Waals surface area contributed by atoms with Gasteiger partial charge >= 0.3 is 5.51 Å². The molecule has 0 unspecified atom stereocenters. The summed E-state index contributed by atoms with van der Waals surface area (Å²) in [4.78, 5) is 8.40. The van der Waals surface area contributed by atoms with E-state index < -0.39 is 5.51 Å². The molecule has 0 aliphatic rings. The molecule has 1 heterocycles. The zero-order valence-corrected chi connectivity index (χ0v) is 12.4. The normalized spacial score (nSPS) is 12.0. The minimum atomic E-state index is -4.21. The minimum Gasteiger partial charge on any atom is -0.369 e.